The van der Waals surface area contributed by atoms with Crippen molar-refractivity contribution in [3.63, 3.8) is 0 Å². The number of piperidine rings is 1. The molecule has 0 radical (unpaired) electrons. The van der Waals surface area contributed by atoms with Gasteiger partial charge in [-0.15, -0.1) is 0 Å². The van der Waals surface area contributed by atoms with Crippen LogP contribution in [0.2, 0.25) is 0 Å². The van der Waals surface area contributed by atoms with Gasteiger partial charge in [0.1, 0.15) is 5.82 Å². The summed E-state index contributed by atoms with van der Waals surface area (Å²) >= 11 is 0. The van der Waals surface area contributed by atoms with E-state index in [0.29, 0.717) is 24.6 Å². The lowest BCUT2D eigenvalue weighted by Crippen LogP contribution is -2.38. The standard InChI is InChI=1S/C17H23FN2/c1-13-7-9-20(11-14(13)2)12-16-6-5-15(4-3-8-19)10-17(16)18/h5-6,10,13-14H,7-9,11-12,19H2,1-2H3. The Balaban J connectivity index is 2.03. The minimum absolute atomic E-state index is 0.167. The van der Waals surface area contributed by atoms with Gasteiger partial charge in [-0.05, 0) is 36.9 Å². The third kappa shape index (κ3) is 3.82. The fourth-order valence-electron chi connectivity index (χ4n) is 2.64. The van der Waals surface area contributed by atoms with Gasteiger partial charge >= 0.3 is 0 Å². The van der Waals surface area contributed by atoms with Gasteiger partial charge in [0, 0.05) is 24.2 Å². The Kier molecular flexibility index (Phi) is 5.17. The molecule has 0 saturated carbocycles. The zero-order chi connectivity index (χ0) is 14.5. The summed E-state index contributed by atoms with van der Waals surface area (Å²) in [6.07, 6.45) is 1.20. The molecule has 0 spiro atoms. The minimum Gasteiger partial charge on any atom is -0.320 e. The van der Waals surface area contributed by atoms with Crippen molar-refractivity contribution in [1.82, 2.24) is 4.90 Å². The molecule has 2 atom stereocenters. The number of nitrogens with zero attached hydrogens (tertiary/aromatic N) is 1. The van der Waals surface area contributed by atoms with Crippen LogP contribution < -0.4 is 5.73 Å². The van der Waals surface area contributed by atoms with E-state index in [1.54, 1.807) is 0 Å². The molecule has 1 aliphatic rings. The molecular formula is C17H23FN2. The maximum Gasteiger partial charge on any atom is 0.128 e. The number of benzene rings is 1. The number of hydrogen-bond acceptors (Lipinski definition) is 2. The molecule has 2 unspecified atom stereocenters. The van der Waals surface area contributed by atoms with Crippen LogP contribution in [-0.2, 0) is 6.54 Å². The van der Waals surface area contributed by atoms with Gasteiger partial charge in [0.2, 0.25) is 0 Å². The lowest BCUT2D eigenvalue weighted by atomic mass is 9.88. The Morgan fingerprint density at radius 3 is 2.80 bits per heavy atom. The highest BCUT2D eigenvalue weighted by atomic mass is 19.1. The zero-order valence-electron chi connectivity index (χ0n) is 12.3. The minimum atomic E-state index is -0.167. The van der Waals surface area contributed by atoms with E-state index in [1.165, 1.54) is 12.5 Å². The Hall–Kier alpha value is -1.37. The summed E-state index contributed by atoms with van der Waals surface area (Å²) in [5.74, 6) is 6.89. The maximum absolute atomic E-state index is 14.1. The van der Waals surface area contributed by atoms with Crippen molar-refractivity contribution in [2.45, 2.75) is 26.8 Å². The van der Waals surface area contributed by atoms with Gasteiger partial charge in [-0.1, -0.05) is 31.8 Å². The lowest BCUT2D eigenvalue weighted by Gasteiger charge is -2.35. The molecule has 3 heteroatoms. The highest BCUT2D eigenvalue weighted by Gasteiger charge is 2.23. The molecule has 108 valence electrons. The van der Waals surface area contributed by atoms with E-state index < -0.39 is 0 Å². The van der Waals surface area contributed by atoms with Crippen molar-refractivity contribution in [2.75, 3.05) is 19.6 Å². The SMILES string of the molecule is CC1CCN(Cc2ccc(C#CCN)cc2F)CC1C. The quantitative estimate of drug-likeness (QED) is 0.840. The Bertz CT molecular complexity index is 515. The van der Waals surface area contributed by atoms with Crippen LogP contribution in [-0.4, -0.2) is 24.5 Å². The first-order valence-corrected chi connectivity index (χ1v) is 7.30. The molecule has 1 aromatic carbocycles. The van der Waals surface area contributed by atoms with Crippen molar-refractivity contribution in [2.24, 2.45) is 17.6 Å². The Morgan fingerprint density at radius 1 is 1.35 bits per heavy atom. The number of likely N-dealkylation sites (tertiary alicyclic amines) is 1. The van der Waals surface area contributed by atoms with Crippen LogP contribution in [0.25, 0.3) is 0 Å². The van der Waals surface area contributed by atoms with Gasteiger partial charge in [0.05, 0.1) is 6.54 Å². The van der Waals surface area contributed by atoms with Crippen LogP contribution in [0.5, 0.6) is 0 Å². The molecule has 1 saturated heterocycles. The summed E-state index contributed by atoms with van der Waals surface area (Å²) < 4.78 is 14.1. The van der Waals surface area contributed by atoms with E-state index in [0.717, 1.165) is 24.6 Å². The first-order valence-electron chi connectivity index (χ1n) is 7.30. The Morgan fingerprint density at radius 2 is 2.15 bits per heavy atom. The number of nitrogens with two attached hydrogens (primary N) is 1. The molecule has 0 bridgehead atoms. The van der Waals surface area contributed by atoms with Gasteiger partial charge in [-0.25, -0.2) is 4.39 Å². The van der Waals surface area contributed by atoms with Crippen molar-refractivity contribution in [3.05, 3.63) is 35.1 Å². The van der Waals surface area contributed by atoms with Crippen molar-refractivity contribution < 1.29 is 4.39 Å². The van der Waals surface area contributed by atoms with E-state index >= 15 is 0 Å². The average Bonchev–Trinajstić information content (AvgIpc) is 2.43. The number of hydrogen-bond donors (Lipinski definition) is 1. The Labute approximate surface area is 121 Å². The van der Waals surface area contributed by atoms with Crippen LogP contribution in [0.15, 0.2) is 18.2 Å². The summed E-state index contributed by atoms with van der Waals surface area (Å²) in [4.78, 5) is 2.34. The van der Waals surface area contributed by atoms with E-state index in [1.807, 2.05) is 12.1 Å². The van der Waals surface area contributed by atoms with Gasteiger partial charge in [0.25, 0.3) is 0 Å². The molecule has 2 nitrogen and oxygen atoms in total. The van der Waals surface area contributed by atoms with E-state index in [9.17, 15) is 4.39 Å². The van der Waals surface area contributed by atoms with Crippen molar-refractivity contribution in [1.29, 1.82) is 0 Å². The largest absolute Gasteiger partial charge is 0.320 e. The van der Waals surface area contributed by atoms with Crippen molar-refractivity contribution >= 4 is 0 Å². The first kappa shape index (κ1) is 15.0. The first-order chi connectivity index (χ1) is 9.60. The van der Waals surface area contributed by atoms with E-state index in [-0.39, 0.29) is 5.82 Å². The molecule has 2 N–H and O–H groups in total. The van der Waals surface area contributed by atoms with E-state index in [4.69, 9.17) is 5.73 Å². The summed E-state index contributed by atoms with van der Waals surface area (Å²) in [6, 6.07) is 5.23. The van der Waals surface area contributed by atoms with Crippen LogP contribution >= 0.6 is 0 Å². The highest BCUT2D eigenvalue weighted by molar-refractivity contribution is 5.37. The molecule has 1 aliphatic heterocycles. The zero-order valence-corrected chi connectivity index (χ0v) is 12.3. The molecule has 1 aromatic rings. The second-order valence-electron chi connectivity index (χ2n) is 5.79. The highest BCUT2D eigenvalue weighted by Crippen LogP contribution is 2.24. The number of halogens is 1. The smallest absolute Gasteiger partial charge is 0.128 e. The second kappa shape index (κ2) is 6.88. The third-order valence-electron chi connectivity index (χ3n) is 4.20. The molecular weight excluding hydrogens is 251 g/mol. The fourth-order valence-corrected chi connectivity index (χ4v) is 2.64. The fraction of sp³-hybridized carbons (Fsp3) is 0.529. The number of rotatable bonds is 2. The van der Waals surface area contributed by atoms with Gasteiger partial charge < -0.3 is 5.73 Å². The normalized spacial score (nSPS) is 23.2. The van der Waals surface area contributed by atoms with Crippen LogP contribution in [0.1, 0.15) is 31.4 Å². The summed E-state index contributed by atoms with van der Waals surface area (Å²) in [5.41, 5.74) is 6.76. The van der Waals surface area contributed by atoms with Gasteiger partial charge in [-0.2, -0.15) is 0 Å². The maximum atomic E-state index is 14.1. The molecule has 1 heterocycles. The van der Waals surface area contributed by atoms with Crippen LogP contribution in [0, 0.1) is 29.5 Å². The lowest BCUT2D eigenvalue weighted by molar-refractivity contribution is 0.131. The van der Waals surface area contributed by atoms with Crippen molar-refractivity contribution in [3.8, 4) is 11.8 Å². The molecule has 0 aromatic heterocycles. The average molecular weight is 274 g/mol. The van der Waals surface area contributed by atoms with E-state index in [2.05, 4.69) is 30.6 Å². The third-order valence-corrected chi connectivity index (χ3v) is 4.20. The van der Waals surface area contributed by atoms with Crippen LogP contribution in [0.3, 0.4) is 0 Å². The summed E-state index contributed by atoms with van der Waals surface area (Å²) in [7, 11) is 0. The predicted molar refractivity (Wildman–Crippen MR) is 80.6 cm³/mol. The van der Waals surface area contributed by atoms with Gasteiger partial charge in [0.15, 0.2) is 0 Å². The van der Waals surface area contributed by atoms with Gasteiger partial charge in [-0.3, -0.25) is 4.90 Å². The molecule has 2 rings (SSSR count). The summed E-state index contributed by atoms with van der Waals surface area (Å²) in [6.45, 7) is 7.67. The topological polar surface area (TPSA) is 29.3 Å². The summed E-state index contributed by atoms with van der Waals surface area (Å²) in [5, 5.41) is 0. The second-order valence-corrected chi connectivity index (χ2v) is 5.79. The predicted octanol–water partition coefficient (Wildman–Crippen LogP) is 2.61. The molecule has 1 fully saturated rings. The molecule has 0 amide bonds. The monoisotopic (exact) mass is 274 g/mol. The molecule has 20 heavy (non-hydrogen) atoms. The molecule has 0 aliphatic carbocycles. The van der Waals surface area contributed by atoms with Crippen LogP contribution in [0.4, 0.5) is 4.39 Å².